The van der Waals surface area contributed by atoms with Crippen LogP contribution in [0.2, 0.25) is 0 Å². The fraction of sp³-hybridized carbons (Fsp3) is 0.357. The third-order valence-corrected chi connectivity index (χ3v) is 3.04. The minimum Gasteiger partial charge on any atom is -0.478 e. The van der Waals surface area contributed by atoms with Crippen LogP contribution in [0.5, 0.6) is 11.5 Å². The van der Waals surface area contributed by atoms with Gasteiger partial charge in [-0.1, -0.05) is 6.90 Å². The Morgan fingerprint density at radius 1 is 1.33 bits per heavy atom. The SMILES string of the molecule is [2H]CCc1cc(OC(F)(F)F)cc2c1OC(C(F)(F)F)C(C(=O)O)=C2. The molecule has 0 bridgehead atoms. The lowest BCUT2D eigenvalue weighted by atomic mass is 9.97. The highest BCUT2D eigenvalue weighted by molar-refractivity contribution is 5.95. The van der Waals surface area contributed by atoms with Gasteiger partial charge in [-0.05, 0) is 30.2 Å². The maximum Gasteiger partial charge on any atom is 0.573 e. The Kier molecular flexibility index (Phi) is 4.06. The molecule has 0 aromatic heterocycles. The number of hydrogen-bond acceptors (Lipinski definition) is 3. The molecule has 132 valence electrons. The molecule has 1 aromatic rings. The summed E-state index contributed by atoms with van der Waals surface area (Å²) in [6, 6.07) is 1.54. The van der Waals surface area contributed by atoms with Gasteiger partial charge < -0.3 is 14.6 Å². The predicted octanol–water partition coefficient (Wildman–Crippen LogP) is 3.94. The van der Waals surface area contributed by atoms with Gasteiger partial charge in [0.15, 0.2) is 0 Å². The van der Waals surface area contributed by atoms with Gasteiger partial charge in [0, 0.05) is 6.93 Å². The van der Waals surface area contributed by atoms with Crippen molar-refractivity contribution in [3.63, 3.8) is 0 Å². The van der Waals surface area contributed by atoms with Crippen molar-refractivity contribution >= 4 is 12.0 Å². The molecule has 2 rings (SSSR count). The topological polar surface area (TPSA) is 55.8 Å². The highest BCUT2D eigenvalue weighted by atomic mass is 19.4. The molecule has 1 aliphatic heterocycles. The van der Waals surface area contributed by atoms with Crippen LogP contribution in [-0.4, -0.2) is 29.7 Å². The van der Waals surface area contributed by atoms with Crippen molar-refractivity contribution in [2.24, 2.45) is 0 Å². The molecule has 0 fully saturated rings. The molecule has 0 amide bonds. The Morgan fingerprint density at radius 2 is 2.00 bits per heavy atom. The predicted molar refractivity (Wildman–Crippen MR) is 68.6 cm³/mol. The average molecular weight is 357 g/mol. The standard InChI is InChI=1S/C14H10F6O4/c1-2-6-3-8(24-14(18,19)20)4-7-5-9(12(21)22)11(13(15,16)17)23-10(6)7/h3-5,11H,2H2,1H3,(H,21,22)/i1D. The third kappa shape index (κ3) is 3.74. The molecule has 0 saturated carbocycles. The van der Waals surface area contributed by atoms with E-state index in [4.69, 9.17) is 11.2 Å². The van der Waals surface area contributed by atoms with Crippen molar-refractivity contribution in [3.8, 4) is 11.5 Å². The molecular formula is C14H10F6O4. The maximum atomic E-state index is 13.0. The molecule has 1 aliphatic rings. The van der Waals surface area contributed by atoms with Gasteiger partial charge in [-0.15, -0.1) is 13.2 Å². The molecule has 1 atom stereocenters. The molecular weight excluding hydrogens is 346 g/mol. The van der Waals surface area contributed by atoms with E-state index in [-0.39, 0.29) is 24.4 Å². The smallest absolute Gasteiger partial charge is 0.478 e. The van der Waals surface area contributed by atoms with E-state index in [0.29, 0.717) is 6.08 Å². The van der Waals surface area contributed by atoms with Crippen LogP contribution in [0.3, 0.4) is 0 Å². The van der Waals surface area contributed by atoms with E-state index in [1.807, 2.05) is 0 Å². The van der Waals surface area contributed by atoms with Gasteiger partial charge >= 0.3 is 18.5 Å². The van der Waals surface area contributed by atoms with Crippen LogP contribution in [0.4, 0.5) is 26.3 Å². The number of ether oxygens (including phenoxy) is 2. The van der Waals surface area contributed by atoms with E-state index in [0.717, 1.165) is 12.1 Å². The zero-order valence-corrected chi connectivity index (χ0v) is 11.7. The van der Waals surface area contributed by atoms with E-state index >= 15 is 0 Å². The van der Waals surface area contributed by atoms with E-state index in [1.165, 1.54) is 0 Å². The summed E-state index contributed by atoms with van der Waals surface area (Å²) >= 11 is 0. The van der Waals surface area contributed by atoms with Crippen LogP contribution in [0.1, 0.15) is 19.4 Å². The monoisotopic (exact) mass is 357 g/mol. The van der Waals surface area contributed by atoms with Crippen molar-refractivity contribution in [1.29, 1.82) is 0 Å². The molecule has 4 nitrogen and oxygen atoms in total. The van der Waals surface area contributed by atoms with E-state index < -0.39 is 41.7 Å². The van der Waals surface area contributed by atoms with E-state index in [9.17, 15) is 31.1 Å². The number of fused-ring (bicyclic) bond motifs is 1. The second-order valence-corrected chi connectivity index (χ2v) is 4.74. The summed E-state index contributed by atoms with van der Waals surface area (Å²) < 4.78 is 91.8. The van der Waals surface area contributed by atoms with Gasteiger partial charge in [0.2, 0.25) is 6.10 Å². The zero-order chi connectivity index (χ0) is 19.0. The second kappa shape index (κ2) is 5.91. The third-order valence-electron chi connectivity index (χ3n) is 3.04. The Balaban J connectivity index is 2.60. The fourth-order valence-corrected chi connectivity index (χ4v) is 2.15. The lowest BCUT2D eigenvalue weighted by Crippen LogP contribution is -2.40. The van der Waals surface area contributed by atoms with Gasteiger partial charge in [0.1, 0.15) is 11.5 Å². The highest BCUT2D eigenvalue weighted by Gasteiger charge is 2.48. The zero-order valence-electron chi connectivity index (χ0n) is 12.7. The number of carbonyl (C=O) groups is 1. The summed E-state index contributed by atoms with van der Waals surface area (Å²) in [6.45, 7) is -0.336. The van der Waals surface area contributed by atoms with E-state index in [1.54, 1.807) is 0 Å². The number of hydrogen-bond donors (Lipinski definition) is 1. The van der Waals surface area contributed by atoms with Gasteiger partial charge in [-0.25, -0.2) is 4.79 Å². The summed E-state index contributed by atoms with van der Waals surface area (Å²) in [5.74, 6) is -3.09. The molecule has 1 unspecified atom stereocenters. The number of rotatable bonds is 3. The number of carboxylic acids is 1. The van der Waals surface area contributed by atoms with Crippen LogP contribution in [-0.2, 0) is 11.2 Å². The van der Waals surface area contributed by atoms with Gasteiger partial charge in [-0.2, -0.15) is 13.2 Å². The molecule has 1 heterocycles. The quantitative estimate of drug-likeness (QED) is 0.833. The Morgan fingerprint density at radius 3 is 2.50 bits per heavy atom. The number of halogens is 6. The molecule has 0 aliphatic carbocycles. The number of alkyl halides is 6. The fourth-order valence-electron chi connectivity index (χ4n) is 2.15. The van der Waals surface area contributed by atoms with Crippen molar-refractivity contribution < 1.29 is 47.1 Å². The normalized spacial score (nSPS) is 18.2. The average Bonchev–Trinajstić information content (AvgIpc) is 2.43. The highest BCUT2D eigenvalue weighted by Crippen LogP contribution is 2.41. The van der Waals surface area contributed by atoms with Crippen LogP contribution < -0.4 is 9.47 Å². The van der Waals surface area contributed by atoms with E-state index in [2.05, 4.69) is 4.74 Å². The van der Waals surface area contributed by atoms with Gasteiger partial charge in [-0.3, -0.25) is 0 Å². The number of aliphatic carboxylic acids is 1. The Bertz CT molecular complexity index is 710. The van der Waals surface area contributed by atoms with Crippen molar-refractivity contribution in [2.45, 2.75) is 32.0 Å². The summed E-state index contributed by atoms with van der Waals surface area (Å²) in [5, 5.41) is 8.94. The lowest BCUT2D eigenvalue weighted by Gasteiger charge is -2.28. The minimum atomic E-state index is -5.05. The first kappa shape index (κ1) is 16.5. The molecule has 0 spiro atoms. The largest absolute Gasteiger partial charge is 0.573 e. The number of carboxylic acid groups (broad SMARTS) is 1. The number of benzene rings is 1. The summed E-state index contributed by atoms with van der Waals surface area (Å²) in [7, 11) is 0. The Labute approximate surface area is 132 Å². The first-order valence-corrected chi connectivity index (χ1v) is 6.32. The first-order chi connectivity index (χ1) is 11.4. The molecule has 0 saturated heterocycles. The summed E-state index contributed by atoms with van der Waals surface area (Å²) in [5.41, 5.74) is -1.59. The second-order valence-electron chi connectivity index (χ2n) is 4.74. The van der Waals surface area contributed by atoms with Crippen molar-refractivity contribution in [1.82, 2.24) is 0 Å². The van der Waals surface area contributed by atoms with Gasteiger partial charge in [0.25, 0.3) is 0 Å². The van der Waals surface area contributed by atoms with Crippen LogP contribution in [0.25, 0.3) is 6.08 Å². The molecule has 1 aromatic carbocycles. The van der Waals surface area contributed by atoms with Gasteiger partial charge in [0.05, 0.1) is 5.57 Å². The summed E-state index contributed by atoms with van der Waals surface area (Å²) in [6.07, 6.45) is -12.5. The Hall–Kier alpha value is -2.39. The molecule has 0 radical (unpaired) electrons. The minimum absolute atomic E-state index is 0.123. The molecule has 10 heteroatoms. The molecule has 1 N–H and O–H groups in total. The first-order valence-electron chi connectivity index (χ1n) is 7.03. The number of aryl methyl sites for hydroxylation is 1. The van der Waals surface area contributed by atoms with Crippen LogP contribution in [0.15, 0.2) is 17.7 Å². The van der Waals surface area contributed by atoms with Crippen LogP contribution >= 0.6 is 0 Å². The molecule has 24 heavy (non-hydrogen) atoms. The summed E-state index contributed by atoms with van der Waals surface area (Å²) in [4.78, 5) is 11.1. The van der Waals surface area contributed by atoms with Crippen molar-refractivity contribution in [2.75, 3.05) is 0 Å². The maximum absolute atomic E-state index is 13.0. The lowest BCUT2D eigenvalue weighted by molar-refractivity contribution is -0.274. The van der Waals surface area contributed by atoms with Crippen LogP contribution in [0, 0.1) is 0 Å². The van der Waals surface area contributed by atoms with Crippen molar-refractivity contribution in [3.05, 3.63) is 28.8 Å².